The van der Waals surface area contributed by atoms with E-state index in [2.05, 4.69) is 10.3 Å². The van der Waals surface area contributed by atoms with E-state index in [-0.39, 0.29) is 6.54 Å². The monoisotopic (exact) mass is 221 g/mol. The Morgan fingerprint density at radius 2 is 2.13 bits per heavy atom. The minimum atomic E-state index is -4.38. The van der Waals surface area contributed by atoms with Gasteiger partial charge in [0, 0.05) is 18.9 Å². The molecule has 0 saturated carbocycles. The minimum absolute atomic E-state index is 0.188. The number of H-pyrrole nitrogens is 1. The second-order valence-corrected chi connectivity index (χ2v) is 2.87. The summed E-state index contributed by atoms with van der Waals surface area (Å²) in [5, 5.41) is 3.99. The van der Waals surface area contributed by atoms with Crippen molar-refractivity contribution in [3.8, 4) is 0 Å². The topological polar surface area (TPSA) is 56.9 Å². The highest BCUT2D eigenvalue weighted by Crippen LogP contribution is 2.11. The molecule has 7 heteroatoms. The SMILES string of the molecule is O=C(NCc1cc[nH]c1)NCC(F)(F)F. The molecule has 3 N–H and O–H groups in total. The fourth-order valence-corrected chi connectivity index (χ4v) is 0.894. The van der Waals surface area contributed by atoms with Crippen LogP contribution in [0.1, 0.15) is 5.56 Å². The Bertz CT molecular complexity index is 307. The summed E-state index contributed by atoms with van der Waals surface area (Å²) in [5.41, 5.74) is 0.789. The molecule has 0 unspecified atom stereocenters. The zero-order valence-electron chi connectivity index (χ0n) is 7.69. The number of aromatic amines is 1. The lowest BCUT2D eigenvalue weighted by Gasteiger charge is -2.08. The van der Waals surface area contributed by atoms with Crippen molar-refractivity contribution in [2.24, 2.45) is 0 Å². The predicted octanol–water partition coefficient (Wildman–Crippen LogP) is 1.38. The largest absolute Gasteiger partial charge is 0.405 e. The lowest BCUT2D eigenvalue weighted by molar-refractivity contribution is -0.122. The Hall–Kier alpha value is -1.66. The van der Waals surface area contributed by atoms with E-state index < -0.39 is 18.8 Å². The van der Waals surface area contributed by atoms with Crippen LogP contribution in [-0.2, 0) is 6.54 Å². The van der Waals surface area contributed by atoms with Crippen molar-refractivity contribution in [3.63, 3.8) is 0 Å². The third-order valence-corrected chi connectivity index (χ3v) is 1.56. The van der Waals surface area contributed by atoms with Crippen molar-refractivity contribution in [2.75, 3.05) is 6.54 Å². The van der Waals surface area contributed by atoms with Crippen LogP contribution in [0.3, 0.4) is 0 Å². The highest BCUT2D eigenvalue weighted by molar-refractivity contribution is 5.73. The molecule has 0 aliphatic rings. The van der Waals surface area contributed by atoms with E-state index in [0.29, 0.717) is 0 Å². The first-order valence-corrected chi connectivity index (χ1v) is 4.17. The van der Waals surface area contributed by atoms with Gasteiger partial charge in [-0.3, -0.25) is 0 Å². The summed E-state index contributed by atoms with van der Waals surface area (Å²) in [7, 11) is 0. The van der Waals surface area contributed by atoms with E-state index in [1.54, 1.807) is 23.8 Å². The molecule has 0 bridgehead atoms. The third-order valence-electron chi connectivity index (χ3n) is 1.56. The molecule has 2 amide bonds. The number of urea groups is 1. The molecule has 4 nitrogen and oxygen atoms in total. The van der Waals surface area contributed by atoms with E-state index in [4.69, 9.17) is 0 Å². The normalized spacial score (nSPS) is 11.1. The molecular weight excluding hydrogens is 211 g/mol. The number of alkyl halides is 3. The molecule has 15 heavy (non-hydrogen) atoms. The van der Waals surface area contributed by atoms with Crippen molar-refractivity contribution >= 4 is 6.03 Å². The van der Waals surface area contributed by atoms with Gasteiger partial charge in [-0.2, -0.15) is 13.2 Å². The molecule has 0 radical (unpaired) electrons. The summed E-state index contributed by atoms with van der Waals surface area (Å²) >= 11 is 0. The van der Waals surface area contributed by atoms with Crippen LogP contribution >= 0.6 is 0 Å². The number of aromatic nitrogens is 1. The summed E-state index contributed by atoms with van der Waals surface area (Å²) in [5.74, 6) is 0. The van der Waals surface area contributed by atoms with Crippen LogP contribution in [0.15, 0.2) is 18.5 Å². The van der Waals surface area contributed by atoms with Gasteiger partial charge in [-0.1, -0.05) is 0 Å². The van der Waals surface area contributed by atoms with Crippen LogP contribution in [0, 0.1) is 0 Å². The van der Waals surface area contributed by atoms with Crippen molar-refractivity contribution < 1.29 is 18.0 Å². The predicted molar refractivity (Wildman–Crippen MR) is 47.1 cm³/mol. The first kappa shape index (κ1) is 11.4. The highest BCUT2D eigenvalue weighted by Gasteiger charge is 2.27. The fraction of sp³-hybridized carbons (Fsp3) is 0.375. The van der Waals surface area contributed by atoms with Gasteiger partial charge in [0.1, 0.15) is 6.54 Å². The van der Waals surface area contributed by atoms with Crippen molar-refractivity contribution in [1.82, 2.24) is 15.6 Å². The van der Waals surface area contributed by atoms with Crippen molar-refractivity contribution in [1.29, 1.82) is 0 Å². The standard InChI is InChI=1S/C8H10F3N3O/c9-8(10,11)5-14-7(15)13-4-6-1-2-12-3-6/h1-3,12H,4-5H2,(H2,13,14,15). The van der Waals surface area contributed by atoms with E-state index in [1.807, 2.05) is 0 Å². The highest BCUT2D eigenvalue weighted by atomic mass is 19.4. The average Bonchev–Trinajstić information content (AvgIpc) is 2.62. The van der Waals surface area contributed by atoms with E-state index >= 15 is 0 Å². The zero-order chi connectivity index (χ0) is 11.3. The smallest absolute Gasteiger partial charge is 0.367 e. The van der Waals surface area contributed by atoms with Gasteiger partial charge in [0.05, 0.1) is 0 Å². The lowest BCUT2D eigenvalue weighted by atomic mass is 10.3. The first-order valence-electron chi connectivity index (χ1n) is 4.17. The summed E-state index contributed by atoms with van der Waals surface area (Å²) in [6.07, 6.45) is -1.08. The number of halogens is 3. The maximum atomic E-state index is 11.7. The Kier molecular flexibility index (Phi) is 3.59. The summed E-state index contributed by atoms with van der Waals surface area (Å²) in [6, 6.07) is 0.873. The van der Waals surface area contributed by atoms with Gasteiger partial charge < -0.3 is 15.6 Å². The molecule has 0 aliphatic heterocycles. The maximum Gasteiger partial charge on any atom is 0.405 e. The Labute approximate surface area is 83.9 Å². The Balaban J connectivity index is 2.20. The van der Waals surface area contributed by atoms with E-state index in [9.17, 15) is 18.0 Å². The van der Waals surface area contributed by atoms with E-state index in [1.165, 1.54) is 0 Å². The van der Waals surface area contributed by atoms with Gasteiger partial charge in [-0.15, -0.1) is 0 Å². The number of carbonyl (C=O) groups is 1. The van der Waals surface area contributed by atoms with Crippen molar-refractivity contribution in [3.05, 3.63) is 24.0 Å². The van der Waals surface area contributed by atoms with Crippen LogP contribution < -0.4 is 10.6 Å². The Morgan fingerprint density at radius 3 is 2.67 bits per heavy atom. The molecule has 0 saturated heterocycles. The van der Waals surface area contributed by atoms with Crippen molar-refractivity contribution in [2.45, 2.75) is 12.7 Å². The van der Waals surface area contributed by atoms with Crippen LogP contribution in [0.25, 0.3) is 0 Å². The number of rotatable bonds is 3. The maximum absolute atomic E-state index is 11.7. The van der Waals surface area contributed by atoms with Gasteiger partial charge in [-0.25, -0.2) is 4.79 Å². The van der Waals surface area contributed by atoms with E-state index in [0.717, 1.165) is 5.56 Å². The van der Waals surface area contributed by atoms with Gasteiger partial charge >= 0.3 is 12.2 Å². The number of hydrogen-bond acceptors (Lipinski definition) is 1. The van der Waals surface area contributed by atoms with Crippen LogP contribution in [0.5, 0.6) is 0 Å². The first-order chi connectivity index (χ1) is 6.97. The second-order valence-electron chi connectivity index (χ2n) is 2.87. The molecular formula is C8H10F3N3O. The molecule has 1 aromatic heterocycles. The molecule has 0 fully saturated rings. The molecule has 0 aromatic carbocycles. The average molecular weight is 221 g/mol. The second kappa shape index (κ2) is 4.72. The molecule has 1 aromatic rings. The molecule has 0 spiro atoms. The molecule has 0 aliphatic carbocycles. The Morgan fingerprint density at radius 1 is 1.40 bits per heavy atom. The number of nitrogens with one attached hydrogen (secondary N) is 3. The number of amides is 2. The minimum Gasteiger partial charge on any atom is -0.367 e. The molecule has 84 valence electrons. The zero-order valence-corrected chi connectivity index (χ0v) is 7.69. The van der Waals surface area contributed by atoms with Gasteiger partial charge in [-0.05, 0) is 11.6 Å². The summed E-state index contributed by atoms with van der Waals surface area (Å²) < 4.78 is 35.0. The number of hydrogen-bond donors (Lipinski definition) is 3. The fourth-order valence-electron chi connectivity index (χ4n) is 0.894. The van der Waals surface area contributed by atoms with Crippen LogP contribution in [-0.4, -0.2) is 23.7 Å². The third kappa shape index (κ3) is 4.94. The quantitative estimate of drug-likeness (QED) is 0.709. The lowest BCUT2D eigenvalue weighted by Crippen LogP contribution is -2.40. The van der Waals surface area contributed by atoms with Gasteiger partial charge in [0.2, 0.25) is 0 Å². The van der Waals surface area contributed by atoms with Crippen LogP contribution in [0.4, 0.5) is 18.0 Å². The number of carbonyl (C=O) groups excluding carboxylic acids is 1. The summed E-state index contributed by atoms with van der Waals surface area (Å²) in [4.78, 5) is 13.6. The van der Waals surface area contributed by atoms with Gasteiger partial charge in [0.25, 0.3) is 0 Å². The van der Waals surface area contributed by atoms with Crippen LogP contribution in [0.2, 0.25) is 0 Å². The summed E-state index contributed by atoms with van der Waals surface area (Å²) in [6.45, 7) is -1.14. The molecule has 0 atom stereocenters. The molecule has 1 rings (SSSR count). The molecule has 1 heterocycles. The van der Waals surface area contributed by atoms with Gasteiger partial charge in [0.15, 0.2) is 0 Å².